The molecule has 0 heterocycles. The number of halogens is 1. The van der Waals surface area contributed by atoms with Gasteiger partial charge in [0.1, 0.15) is 5.82 Å². The first-order chi connectivity index (χ1) is 8.86. The van der Waals surface area contributed by atoms with Gasteiger partial charge in [0.2, 0.25) is 5.91 Å². The van der Waals surface area contributed by atoms with Gasteiger partial charge in [-0.25, -0.2) is 9.18 Å². The highest BCUT2D eigenvalue weighted by molar-refractivity contribution is 5.95. The molecule has 4 N–H and O–H groups in total. The molecule has 0 saturated carbocycles. The maximum Gasteiger partial charge on any atom is 0.335 e. The number of hydrogen-bond acceptors (Lipinski definition) is 3. The van der Waals surface area contributed by atoms with Crippen LogP contribution in [0.4, 0.5) is 10.1 Å². The monoisotopic (exact) mass is 268 g/mol. The van der Waals surface area contributed by atoms with Gasteiger partial charge in [0.05, 0.1) is 17.3 Å². The number of nitrogens with two attached hydrogens (primary N) is 1. The molecule has 5 nitrogen and oxygen atoms in total. The zero-order valence-electron chi connectivity index (χ0n) is 10.8. The summed E-state index contributed by atoms with van der Waals surface area (Å²) in [4.78, 5) is 22.4. The Balaban J connectivity index is 2.83. The minimum Gasteiger partial charge on any atom is -0.478 e. The lowest BCUT2D eigenvalue weighted by Gasteiger charge is -2.18. The van der Waals surface area contributed by atoms with E-state index in [1.165, 1.54) is 12.1 Å². The maximum absolute atomic E-state index is 13.6. The van der Waals surface area contributed by atoms with E-state index < -0.39 is 23.7 Å². The molecule has 0 aliphatic carbocycles. The minimum atomic E-state index is -1.23. The first kappa shape index (κ1) is 15.1. The van der Waals surface area contributed by atoms with E-state index in [0.29, 0.717) is 0 Å². The van der Waals surface area contributed by atoms with Crippen molar-refractivity contribution >= 4 is 17.6 Å². The summed E-state index contributed by atoms with van der Waals surface area (Å²) in [6, 6.07) is 2.55. The van der Waals surface area contributed by atoms with Gasteiger partial charge in [0.25, 0.3) is 0 Å². The van der Waals surface area contributed by atoms with E-state index in [0.717, 1.165) is 12.5 Å². The highest BCUT2D eigenvalue weighted by Crippen LogP contribution is 2.17. The van der Waals surface area contributed by atoms with Gasteiger partial charge in [0, 0.05) is 0 Å². The molecule has 2 atom stereocenters. The molecule has 19 heavy (non-hydrogen) atoms. The molecular weight excluding hydrogens is 251 g/mol. The summed E-state index contributed by atoms with van der Waals surface area (Å²) in [6.07, 6.45) is 0.731. The summed E-state index contributed by atoms with van der Waals surface area (Å²) in [6.45, 7) is 3.73. The van der Waals surface area contributed by atoms with Gasteiger partial charge >= 0.3 is 5.97 Å². The second-order valence-electron chi connectivity index (χ2n) is 4.40. The van der Waals surface area contributed by atoms with E-state index in [1.807, 2.05) is 13.8 Å². The molecule has 1 rings (SSSR count). The molecule has 0 aliphatic rings. The van der Waals surface area contributed by atoms with Gasteiger partial charge in [0.15, 0.2) is 0 Å². The molecule has 0 fully saturated rings. The first-order valence-electron chi connectivity index (χ1n) is 5.96. The van der Waals surface area contributed by atoms with E-state index in [4.69, 9.17) is 10.8 Å². The van der Waals surface area contributed by atoms with Crippen LogP contribution in [0.15, 0.2) is 18.2 Å². The lowest BCUT2D eigenvalue weighted by Crippen LogP contribution is -2.40. The van der Waals surface area contributed by atoms with E-state index >= 15 is 0 Å². The number of nitrogens with one attached hydrogen (secondary N) is 1. The topological polar surface area (TPSA) is 92.4 Å². The number of hydrogen-bond donors (Lipinski definition) is 3. The van der Waals surface area contributed by atoms with Crippen molar-refractivity contribution < 1.29 is 19.1 Å². The Morgan fingerprint density at radius 2 is 2.11 bits per heavy atom. The number of carboxylic acids is 1. The molecule has 2 unspecified atom stereocenters. The van der Waals surface area contributed by atoms with E-state index in [-0.39, 0.29) is 17.2 Å². The highest BCUT2D eigenvalue weighted by Gasteiger charge is 2.20. The van der Waals surface area contributed by atoms with Crippen LogP contribution in [0.5, 0.6) is 0 Å². The molecule has 1 aromatic rings. The molecule has 0 bridgehead atoms. The fraction of sp³-hybridized carbons (Fsp3) is 0.385. The number of benzene rings is 1. The molecule has 6 heteroatoms. The summed E-state index contributed by atoms with van der Waals surface area (Å²) in [7, 11) is 0. The number of carbonyl (C=O) groups is 2. The van der Waals surface area contributed by atoms with Crippen LogP contribution in [0, 0.1) is 11.7 Å². The zero-order valence-corrected chi connectivity index (χ0v) is 10.8. The van der Waals surface area contributed by atoms with Crippen molar-refractivity contribution in [3.63, 3.8) is 0 Å². The quantitative estimate of drug-likeness (QED) is 0.759. The summed E-state index contributed by atoms with van der Waals surface area (Å²) < 4.78 is 13.6. The van der Waals surface area contributed by atoms with Crippen LogP contribution in [0.3, 0.4) is 0 Å². The summed E-state index contributed by atoms with van der Waals surface area (Å²) in [5.41, 5.74) is 5.46. The third-order valence-corrected chi connectivity index (χ3v) is 3.03. The Morgan fingerprint density at radius 1 is 1.47 bits per heavy atom. The predicted octanol–water partition coefficient (Wildman–Crippen LogP) is 1.84. The summed E-state index contributed by atoms with van der Waals surface area (Å²) >= 11 is 0. The molecule has 1 aromatic carbocycles. The van der Waals surface area contributed by atoms with Crippen molar-refractivity contribution in [2.24, 2.45) is 11.7 Å². The number of anilines is 1. The standard InChI is InChI=1S/C13H17FN2O3/c1-3-7(2)11(15)12(17)16-10-5-4-8(13(18)19)6-9(10)14/h4-7,11H,3,15H2,1-2H3,(H,16,17)(H,18,19). The zero-order chi connectivity index (χ0) is 14.6. The van der Waals surface area contributed by atoms with Crippen LogP contribution < -0.4 is 11.1 Å². The molecule has 0 aliphatic heterocycles. The number of rotatable bonds is 5. The van der Waals surface area contributed by atoms with Crippen LogP contribution in [0.25, 0.3) is 0 Å². The maximum atomic E-state index is 13.6. The van der Waals surface area contributed by atoms with Crippen molar-refractivity contribution in [1.82, 2.24) is 0 Å². The van der Waals surface area contributed by atoms with Crippen molar-refractivity contribution in [2.45, 2.75) is 26.3 Å². The number of carboxylic acid groups (broad SMARTS) is 1. The Bertz CT molecular complexity index is 491. The lowest BCUT2D eigenvalue weighted by atomic mass is 9.99. The molecule has 0 aromatic heterocycles. The fourth-order valence-corrected chi connectivity index (χ4v) is 1.48. The molecule has 104 valence electrons. The molecule has 1 amide bonds. The van der Waals surface area contributed by atoms with Crippen molar-refractivity contribution in [3.05, 3.63) is 29.6 Å². The normalized spacial score (nSPS) is 13.7. The van der Waals surface area contributed by atoms with Gasteiger partial charge in [-0.1, -0.05) is 20.3 Å². The summed E-state index contributed by atoms with van der Waals surface area (Å²) in [5, 5.41) is 11.1. The van der Waals surface area contributed by atoms with Crippen molar-refractivity contribution in [1.29, 1.82) is 0 Å². The fourth-order valence-electron chi connectivity index (χ4n) is 1.48. The van der Waals surface area contributed by atoms with E-state index in [9.17, 15) is 14.0 Å². The largest absolute Gasteiger partial charge is 0.478 e. The molecule has 0 spiro atoms. The molecular formula is C13H17FN2O3. The van der Waals surface area contributed by atoms with Gasteiger partial charge in [-0.05, 0) is 24.1 Å². The number of aromatic carboxylic acids is 1. The van der Waals surface area contributed by atoms with Gasteiger partial charge in [-0.3, -0.25) is 4.79 Å². The summed E-state index contributed by atoms with van der Waals surface area (Å²) in [5.74, 6) is -2.55. The average Bonchev–Trinajstić information content (AvgIpc) is 2.38. The first-order valence-corrected chi connectivity index (χ1v) is 5.96. The average molecular weight is 268 g/mol. The van der Waals surface area contributed by atoms with E-state index in [1.54, 1.807) is 0 Å². The Labute approximate surface area is 110 Å². The lowest BCUT2D eigenvalue weighted by molar-refractivity contribution is -0.118. The SMILES string of the molecule is CCC(C)C(N)C(=O)Nc1ccc(C(=O)O)cc1F. The van der Waals surface area contributed by atoms with Gasteiger partial charge in [-0.2, -0.15) is 0 Å². The third kappa shape index (κ3) is 3.75. The Kier molecular flexibility index (Phi) is 5.00. The Hall–Kier alpha value is -1.95. The Morgan fingerprint density at radius 3 is 2.58 bits per heavy atom. The van der Waals surface area contributed by atoms with Gasteiger partial charge < -0.3 is 16.2 Å². The number of amides is 1. The van der Waals surface area contributed by atoms with Crippen LogP contribution in [-0.4, -0.2) is 23.0 Å². The van der Waals surface area contributed by atoms with E-state index in [2.05, 4.69) is 5.32 Å². The van der Waals surface area contributed by atoms with Crippen LogP contribution in [0.2, 0.25) is 0 Å². The molecule has 0 radical (unpaired) electrons. The predicted molar refractivity (Wildman–Crippen MR) is 69.4 cm³/mol. The molecule has 0 saturated heterocycles. The second kappa shape index (κ2) is 6.29. The van der Waals surface area contributed by atoms with Crippen LogP contribution >= 0.6 is 0 Å². The smallest absolute Gasteiger partial charge is 0.335 e. The second-order valence-corrected chi connectivity index (χ2v) is 4.40. The minimum absolute atomic E-state index is 0.0265. The highest BCUT2D eigenvalue weighted by atomic mass is 19.1. The van der Waals surface area contributed by atoms with Crippen molar-refractivity contribution in [2.75, 3.05) is 5.32 Å². The van der Waals surface area contributed by atoms with Gasteiger partial charge in [-0.15, -0.1) is 0 Å². The number of carbonyl (C=O) groups excluding carboxylic acids is 1. The van der Waals surface area contributed by atoms with Crippen molar-refractivity contribution in [3.8, 4) is 0 Å². The van der Waals surface area contributed by atoms with Crippen LogP contribution in [-0.2, 0) is 4.79 Å². The van der Waals surface area contributed by atoms with Crippen LogP contribution in [0.1, 0.15) is 30.6 Å². The third-order valence-electron chi connectivity index (χ3n) is 3.03.